The zero-order valence-electron chi connectivity index (χ0n) is 15.4. The van der Waals surface area contributed by atoms with Crippen LogP contribution in [0.4, 0.5) is 5.69 Å². The Bertz CT molecular complexity index is 878. The molecule has 0 radical (unpaired) electrons. The van der Waals surface area contributed by atoms with Crippen LogP contribution in [0.5, 0.6) is 0 Å². The van der Waals surface area contributed by atoms with E-state index in [1.54, 1.807) is 0 Å². The summed E-state index contributed by atoms with van der Waals surface area (Å²) in [6, 6.07) is 15.7. The minimum Gasteiger partial charge on any atom is -0.308 e. The highest BCUT2D eigenvalue weighted by molar-refractivity contribution is 7.82. The summed E-state index contributed by atoms with van der Waals surface area (Å²) in [4.78, 5) is 0.690. The molecule has 7 heteroatoms. The summed E-state index contributed by atoms with van der Waals surface area (Å²) in [6.45, 7) is 2.03. The van der Waals surface area contributed by atoms with Gasteiger partial charge in [-0.25, -0.2) is 5.01 Å². The van der Waals surface area contributed by atoms with Crippen molar-refractivity contribution in [1.29, 1.82) is 0 Å². The Morgan fingerprint density at radius 2 is 1.71 bits per heavy atom. The molecule has 0 aliphatic carbocycles. The van der Waals surface area contributed by atoms with Crippen LogP contribution in [0.15, 0.2) is 53.6 Å². The largest absolute Gasteiger partial charge is 0.308 e. The van der Waals surface area contributed by atoms with E-state index in [0.717, 1.165) is 35.1 Å². The van der Waals surface area contributed by atoms with E-state index in [1.165, 1.54) is 19.3 Å². The molecule has 2 aliphatic heterocycles. The van der Waals surface area contributed by atoms with Gasteiger partial charge in [0.25, 0.3) is 0 Å². The molecular formula is C21H22Cl2N4S. The number of hydrogen-bond acceptors (Lipinski definition) is 4. The van der Waals surface area contributed by atoms with Crippen molar-refractivity contribution in [2.75, 3.05) is 18.1 Å². The monoisotopic (exact) mass is 432 g/mol. The Hall–Kier alpha value is -1.66. The third-order valence-electron chi connectivity index (χ3n) is 5.14. The molecule has 0 bridgehead atoms. The van der Waals surface area contributed by atoms with Crippen LogP contribution >= 0.6 is 35.4 Å². The lowest BCUT2D eigenvalue weighted by Gasteiger charge is -2.27. The average Bonchev–Trinajstić information content (AvgIpc) is 3.15. The number of anilines is 1. The minimum atomic E-state index is 0.0215. The molecule has 2 heterocycles. The maximum atomic E-state index is 6.48. The standard InChI is InChI=1S/C21H22Cl2N4S/c22-16-10-8-15(9-11-16)20-14-18(21(28)25-26-12-4-1-5-13-26)24-27(20)19-7-3-2-6-17(19)23/h2-3,6-11,20H,1,4-5,12-14H2,(H,25,28). The van der Waals surface area contributed by atoms with Gasteiger partial charge in [0.2, 0.25) is 0 Å². The normalized spacial score (nSPS) is 20.1. The van der Waals surface area contributed by atoms with E-state index in [2.05, 4.69) is 10.4 Å². The lowest BCUT2D eigenvalue weighted by atomic mass is 10.0. The van der Waals surface area contributed by atoms with Crippen LogP contribution in [0, 0.1) is 0 Å². The second-order valence-corrected chi connectivity index (χ2v) is 8.35. The summed E-state index contributed by atoms with van der Waals surface area (Å²) in [5.41, 5.74) is 6.26. The number of hydrazone groups is 1. The second kappa shape index (κ2) is 8.78. The van der Waals surface area contributed by atoms with Crippen molar-refractivity contribution in [2.45, 2.75) is 31.7 Å². The molecule has 28 heavy (non-hydrogen) atoms. The number of hydrazine groups is 1. The summed E-state index contributed by atoms with van der Waals surface area (Å²) in [7, 11) is 0. The summed E-state index contributed by atoms with van der Waals surface area (Å²) < 4.78 is 0. The summed E-state index contributed by atoms with van der Waals surface area (Å²) in [5.74, 6) is 0. The molecule has 1 unspecified atom stereocenters. The van der Waals surface area contributed by atoms with Gasteiger partial charge < -0.3 is 5.43 Å². The fourth-order valence-corrected chi connectivity index (χ4v) is 4.27. The van der Waals surface area contributed by atoms with Gasteiger partial charge in [-0.1, -0.05) is 66.1 Å². The van der Waals surface area contributed by atoms with E-state index in [4.69, 9.17) is 40.5 Å². The van der Waals surface area contributed by atoms with Gasteiger partial charge in [-0.15, -0.1) is 0 Å². The van der Waals surface area contributed by atoms with Crippen molar-refractivity contribution < 1.29 is 0 Å². The summed E-state index contributed by atoms with van der Waals surface area (Å²) in [5, 5.41) is 10.4. The van der Waals surface area contributed by atoms with E-state index in [-0.39, 0.29) is 6.04 Å². The van der Waals surface area contributed by atoms with Gasteiger partial charge >= 0.3 is 0 Å². The van der Waals surface area contributed by atoms with E-state index in [9.17, 15) is 0 Å². The molecule has 2 aliphatic rings. The molecule has 0 amide bonds. The number of benzene rings is 2. The Balaban J connectivity index is 1.61. The third kappa shape index (κ3) is 4.33. The fourth-order valence-electron chi connectivity index (χ4n) is 3.67. The van der Waals surface area contributed by atoms with E-state index in [1.807, 2.05) is 53.5 Å². The number of rotatable bonds is 4. The molecule has 1 saturated heterocycles. The lowest BCUT2D eigenvalue weighted by Crippen LogP contribution is -2.46. The molecule has 0 aromatic heterocycles. The highest BCUT2D eigenvalue weighted by Crippen LogP contribution is 2.39. The molecule has 4 rings (SSSR count). The molecule has 1 atom stereocenters. The molecule has 146 valence electrons. The smallest absolute Gasteiger partial charge is 0.137 e. The van der Waals surface area contributed by atoms with Gasteiger partial charge in [0.15, 0.2) is 0 Å². The maximum absolute atomic E-state index is 6.48. The highest BCUT2D eigenvalue weighted by Gasteiger charge is 2.32. The Kier molecular flexibility index (Phi) is 6.16. The van der Waals surface area contributed by atoms with Crippen molar-refractivity contribution in [3.8, 4) is 0 Å². The first-order valence-electron chi connectivity index (χ1n) is 9.54. The number of nitrogens with zero attached hydrogens (tertiary/aromatic N) is 3. The van der Waals surface area contributed by atoms with E-state index >= 15 is 0 Å². The van der Waals surface area contributed by atoms with Gasteiger partial charge in [0.1, 0.15) is 4.99 Å². The van der Waals surface area contributed by atoms with E-state index < -0.39 is 0 Å². The Morgan fingerprint density at radius 1 is 1.00 bits per heavy atom. The topological polar surface area (TPSA) is 30.9 Å². The zero-order valence-corrected chi connectivity index (χ0v) is 17.8. The predicted molar refractivity (Wildman–Crippen MR) is 121 cm³/mol. The van der Waals surface area contributed by atoms with Crippen LogP contribution in [0.1, 0.15) is 37.3 Å². The minimum absolute atomic E-state index is 0.0215. The number of thiocarbonyl (C=S) groups is 1. The van der Waals surface area contributed by atoms with Crippen LogP contribution in [0.3, 0.4) is 0 Å². The molecule has 1 fully saturated rings. The number of para-hydroxylation sites is 1. The highest BCUT2D eigenvalue weighted by atomic mass is 35.5. The van der Waals surface area contributed by atoms with Gasteiger partial charge in [0.05, 0.1) is 22.5 Å². The van der Waals surface area contributed by atoms with Crippen LogP contribution in [0.25, 0.3) is 0 Å². The molecule has 2 aromatic carbocycles. The van der Waals surface area contributed by atoms with Gasteiger partial charge in [-0.3, -0.25) is 5.01 Å². The Morgan fingerprint density at radius 3 is 2.43 bits per heavy atom. The van der Waals surface area contributed by atoms with Crippen molar-refractivity contribution in [3.05, 3.63) is 64.1 Å². The van der Waals surface area contributed by atoms with Crippen molar-refractivity contribution in [3.63, 3.8) is 0 Å². The molecule has 0 spiro atoms. The van der Waals surface area contributed by atoms with E-state index in [0.29, 0.717) is 16.4 Å². The van der Waals surface area contributed by atoms with Crippen LogP contribution < -0.4 is 10.4 Å². The van der Waals surface area contributed by atoms with Crippen molar-refractivity contribution in [1.82, 2.24) is 10.4 Å². The van der Waals surface area contributed by atoms with Crippen molar-refractivity contribution in [2.24, 2.45) is 5.10 Å². The number of hydrogen-bond donors (Lipinski definition) is 1. The molecule has 1 N–H and O–H groups in total. The molecule has 0 saturated carbocycles. The van der Waals surface area contributed by atoms with Gasteiger partial charge in [-0.2, -0.15) is 5.10 Å². The third-order valence-corrected chi connectivity index (χ3v) is 6.04. The quantitative estimate of drug-likeness (QED) is 0.635. The van der Waals surface area contributed by atoms with Gasteiger partial charge in [-0.05, 0) is 42.7 Å². The first kappa shape index (κ1) is 19.6. The molecule has 2 aromatic rings. The summed E-state index contributed by atoms with van der Waals surface area (Å²) in [6.07, 6.45) is 4.39. The lowest BCUT2D eigenvalue weighted by molar-refractivity contribution is 0.197. The fraction of sp³-hybridized carbons (Fsp3) is 0.333. The first-order valence-corrected chi connectivity index (χ1v) is 10.7. The second-order valence-electron chi connectivity index (χ2n) is 7.10. The number of piperidine rings is 1. The first-order chi connectivity index (χ1) is 13.6. The number of halogens is 2. The van der Waals surface area contributed by atoms with Gasteiger partial charge in [0, 0.05) is 24.5 Å². The SMILES string of the molecule is S=C(NN1CCCCC1)C1=NN(c2ccccc2Cl)C(c2ccc(Cl)cc2)C1. The Labute approximate surface area is 181 Å². The molecule has 4 nitrogen and oxygen atoms in total. The maximum Gasteiger partial charge on any atom is 0.137 e. The molecular weight excluding hydrogens is 411 g/mol. The van der Waals surface area contributed by atoms with Crippen molar-refractivity contribution >= 4 is 51.8 Å². The number of nitrogens with one attached hydrogen (secondary N) is 1. The van der Waals surface area contributed by atoms with Crippen LogP contribution in [0.2, 0.25) is 10.0 Å². The average molecular weight is 433 g/mol. The zero-order chi connectivity index (χ0) is 19.5. The summed E-state index contributed by atoms with van der Waals surface area (Å²) >= 11 is 18.3. The van der Waals surface area contributed by atoms with Crippen LogP contribution in [-0.4, -0.2) is 28.8 Å². The van der Waals surface area contributed by atoms with Crippen LogP contribution in [-0.2, 0) is 0 Å². The predicted octanol–water partition coefficient (Wildman–Crippen LogP) is 5.62.